The molecule has 3 rings (SSSR count). The Labute approximate surface area is 161 Å². The number of rotatable bonds is 7. The van der Waals surface area contributed by atoms with Gasteiger partial charge in [-0.15, -0.1) is 22.9 Å². The maximum absolute atomic E-state index is 11.9. The van der Waals surface area contributed by atoms with E-state index in [2.05, 4.69) is 10.3 Å². The third kappa shape index (κ3) is 5.44. The average Bonchev–Trinajstić information content (AvgIpc) is 3.14. The van der Waals surface area contributed by atoms with E-state index in [1.165, 1.54) is 17.4 Å². The van der Waals surface area contributed by atoms with E-state index in [0.29, 0.717) is 17.6 Å². The zero-order chi connectivity index (χ0) is 18.2. The van der Waals surface area contributed by atoms with Crippen molar-refractivity contribution in [3.05, 3.63) is 82.9 Å². The number of nitrogens with one attached hydrogen (secondary N) is 1. The van der Waals surface area contributed by atoms with Gasteiger partial charge in [0, 0.05) is 11.5 Å². The largest absolute Gasteiger partial charge is 0.489 e. The molecule has 0 fully saturated rings. The molecule has 4 nitrogen and oxygen atoms in total. The number of carbonyl (C=O) groups excluding carboxylic acids is 1. The van der Waals surface area contributed by atoms with Crippen LogP contribution in [-0.2, 0) is 17.3 Å². The summed E-state index contributed by atoms with van der Waals surface area (Å²) in [6, 6.07) is 17.6. The Balaban J connectivity index is 1.51. The molecule has 0 aliphatic carbocycles. The highest BCUT2D eigenvalue weighted by molar-refractivity contribution is 7.14. The normalized spacial score (nSPS) is 10.8. The molecule has 26 heavy (non-hydrogen) atoms. The Kier molecular flexibility index (Phi) is 6.41. The Bertz CT molecular complexity index is 876. The summed E-state index contributed by atoms with van der Waals surface area (Å²) < 4.78 is 5.74. The predicted molar refractivity (Wildman–Crippen MR) is 107 cm³/mol. The van der Waals surface area contributed by atoms with Crippen LogP contribution >= 0.6 is 22.9 Å². The van der Waals surface area contributed by atoms with Crippen LogP contribution < -0.4 is 10.1 Å². The molecule has 0 unspecified atom stereocenters. The number of ether oxygens (including phenoxy) is 1. The fourth-order valence-electron chi connectivity index (χ4n) is 2.16. The number of hydrogen-bond donors (Lipinski definition) is 1. The lowest BCUT2D eigenvalue weighted by Gasteiger charge is -2.06. The topological polar surface area (TPSA) is 51.2 Å². The van der Waals surface area contributed by atoms with Crippen LogP contribution in [0.25, 0.3) is 6.08 Å². The number of thiazole rings is 1. The number of alkyl halides is 1. The second kappa shape index (κ2) is 9.17. The zero-order valence-electron chi connectivity index (χ0n) is 13.9. The quantitative estimate of drug-likeness (QED) is 0.454. The number of halogens is 1. The lowest BCUT2D eigenvalue weighted by molar-refractivity contribution is -0.111. The molecule has 1 aromatic heterocycles. The molecule has 0 radical (unpaired) electrons. The van der Waals surface area contributed by atoms with Gasteiger partial charge in [-0.1, -0.05) is 42.5 Å². The van der Waals surface area contributed by atoms with E-state index in [-0.39, 0.29) is 5.91 Å². The highest BCUT2D eigenvalue weighted by Crippen LogP contribution is 2.17. The molecule has 2 aromatic carbocycles. The molecule has 3 aromatic rings. The van der Waals surface area contributed by atoms with Crippen LogP contribution in [0.1, 0.15) is 16.8 Å². The van der Waals surface area contributed by atoms with Gasteiger partial charge in [-0.2, -0.15) is 0 Å². The van der Waals surface area contributed by atoms with Crippen LogP contribution in [0, 0.1) is 0 Å². The number of benzene rings is 2. The summed E-state index contributed by atoms with van der Waals surface area (Å²) in [5, 5.41) is 5.08. The molecule has 0 bridgehead atoms. The molecule has 1 amide bonds. The summed E-state index contributed by atoms with van der Waals surface area (Å²) in [5.41, 5.74) is 2.78. The van der Waals surface area contributed by atoms with E-state index < -0.39 is 0 Å². The second-order valence-corrected chi connectivity index (χ2v) is 6.57. The summed E-state index contributed by atoms with van der Waals surface area (Å²) in [6.07, 6.45) is 3.22. The summed E-state index contributed by atoms with van der Waals surface area (Å²) in [5.74, 6) is 0.887. The predicted octanol–water partition coefficient (Wildman–Crippen LogP) is 5.11. The van der Waals surface area contributed by atoms with E-state index in [1.54, 1.807) is 6.08 Å². The minimum Gasteiger partial charge on any atom is -0.489 e. The highest BCUT2D eigenvalue weighted by Gasteiger charge is 2.03. The molecule has 6 heteroatoms. The first-order valence-corrected chi connectivity index (χ1v) is 9.40. The van der Waals surface area contributed by atoms with Crippen molar-refractivity contribution in [3.8, 4) is 5.75 Å². The first-order chi connectivity index (χ1) is 12.7. The van der Waals surface area contributed by atoms with Crippen molar-refractivity contribution in [2.24, 2.45) is 0 Å². The van der Waals surface area contributed by atoms with Crippen LogP contribution in [0.4, 0.5) is 5.13 Å². The van der Waals surface area contributed by atoms with E-state index >= 15 is 0 Å². The maximum Gasteiger partial charge on any atom is 0.250 e. The van der Waals surface area contributed by atoms with Crippen LogP contribution in [0.5, 0.6) is 5.75 Å². The van der Waals surface area contributed by atoms with Crippen LogP contribution in [0.15, 0.2) is 66.1 Å². The minimum atomic E-state index is -0.232. The van der Waals surface area contributed by atoms with Gasteiger partial charge >= 0.3 is 0 Å². The van der Waals surface area contributed by atoms with E-state index in [4.69, 9.17) is 16.3 Å². The van der Waals surface area contributed by atoms with Crippen molar-refractivity contribution in [2.45, 2.75) is 12.5 Å². The molecule has 0 aliphatic rings. The molecule has 132 valence electrons. The Morgan fingerprint density at radius 1 is 1.15 bits per heavy atom. The van der Waals surface area contributed by atoms with Crippen LogP contribution in [-0.4, -0.2) is 10.9 Å². The number of anilines is 1. The molecule has 1 heterocycles. The standard InChI is InChI=1S/C20H17ClN2O2S/c21-12-17-14-26-20(22-17)23-19(24)11-8-15-6-9-18(10-7-15)25-13-16-4-2-1-3-5-16/h1-11,14H,12-13H2,(H,22,23,24)/b11-8+. The first-order valence-electron chi connectivity index (χ1n) is 7.99. The van der Waals surface area contributed by atoms with Gasteiger partial charge in [-0.3, -0.25) is 10.1 Å². The van der Waals surface area contributed by atoms with E-state index in [0.717, 1.165) is 22.6 Å². The van der Waals surface area contributed by atoms with Gasteiger partial charge in [-0.25, -0.2) is 4.98 Å². The van der Waals surface area contributed by atoms with Crippen LogP contribution in [0.3, 0.4) is 0 Å². The van der Waals surface area contributed by atoms with Gasteiger partial charge in [0.15, 0.2) is 5.13 Å². The Morgan fingerprint density at radius 2 is 1.92 bits per heavy atom. The zero-order valence-corrected chi connectivity index (χ0v) is 15.5. The molecule has 0 aliphatic heterocycles. The molecular formula is C20H17ClN2O2S. The van der Waals surface area contributed by atoms with Gasteiger partial charge in [-0.05, 0) is 29.3 Å². The van der Waals surface area contributed by atoms with Gasteiger partial charge in [0.05, 0.1) is 11.6 Å². The van der Waals surface area contributed by atoms with Crippen molar-refractivity contribution >= 4 is 40.1 Å². The summed E-state index contributed by atoms with van der Waals surface area (Å²) in [6.45, 7) is 0.524. The van der Waals surface area contributed by atoms with Crippen molar-refractivity contribution in [2.75, 3.05) is 5.32 Å². The number of aromatic nitrogens is 1. The summed E-state index contributed by atoms with van der Waals surface area (Å²) >= 11 is 7.05. The lowest BCUT2D eigenvalue weighted by atomic mass is 10.2. The molecule has 0 atom stereocenters. The number of carbonyl (C=O) groups is 1. The van der Waals surface area contributed by atoms with Gasteiger partial charge in [0.1, 0.15) is 12.4 Å². The van der Waals surface area contributed by atoms with Gasteiger partial charge in [0.25, 0.3) is 0 Å². The molecule has 0 saturated heterocycles. The lowest BCUT2D eigenvalue weighted by Crippen LogP contribution is -2.07. The third-order valence-corrected chi connectivity index (χ3v) is 4.55. The maximum atomic E-state index is 11.9. The molecule has 0 saturated carbocycles. The first kappa shape index (κ1) is 18.2. The number of nitrogens with zero attached hydrogens (tertiary/aromatic N) is 1. The average molecular weight is 385 g/mol. The molecule has 0 spiro atoms. The van der Waals surface area contributed by atoms with E-state index in [1.807, 2.05) is 60.0 Å². The summed E-state index contributed by atoms with van der Waals surface area (Å²) in [7, 11) is 0. The van der Waals surface area contributed by atoms with Crippen molar-refractivity contribution in [3.63, 3.8) is 0 Å². The fourth-order valence-corrected chi connectivity index (χ4v) is 3.10. The van der Waals surface area contributed by atoms with Gasteiger partial charge in [0.2, 0.25) is 5.91 Å². The third-order valence-electron chi connectivity index (χ3n) is 3.47. The molecule has 1 N–H and O–H groups in total. The monoisotopic (exact) mass is 384 g/mol. The SMILES string of the molecule is O=C(/C=C/c1ccc(OCc2ccccc2)cc1)Nc1nc(CCl)cs1. The van der Waals surface area contributed by atoms with Crippen molar-refractivity contribution in [1.29, 1.82) is 0 Å². The smallest absolute Gasteiger partial charge is 0.250 e. The Hall–Kier alpha value is -2.63. The Morgan fingerprint density at radius 3 is 2.62 bits per heavy atom. The van der Waals surface area contributed by atoms with Gasteiger partial charge < -0.3 is 4.74 Å². The minimum absolute atomic E-state index is 0.232. The van der Waals surface area contributed by atoms with Crippen LogP contribution in [0.2, 0.25) is 0 Å². The number of amides is 1. The fraction of sp³-hybridized carbons (Fsp3) is 0.100. The second-order valence-electron chi connectivity index (χ2n) is 5.44. The van der Waals surface area contributed by atoms with E-state index in [9.17, 15) is 4.79 Å². The molecular weight excluding hydrogens is 368 g/mol. The highest BCUT2D eigenvalue weighted by atomic mass is 35.5. The summed E-state index contributed by atoms with van der Waals surface area (Å²) in [4.78, 5) is 16.1. The van der Waals surface area contributed by atoms with Crippen molar-refractivity contribution < 1.29 is 9.53 Å². The number of hydrogen-bond acceptors (Lipinski definition) is 4. The van der Waals surface area contributed by atoms with Crippen molar-refractivity contribution in [1.82, 2.24) is 4.98 Å².